The summed E-state index contributed by atoms with van der Waals surface area (Å²) in [6.45, 7) is 6.38. The Kier molecular flexibility index (Phi) is 5.24. The smallest absolute Gasteiger partial charge is 0.262 e. The van der Waals surface area contributed by atoms with Crippen molar-refractivity contribution in [3.8, 4) is 5.75 Å². The van der Waals surface area contributed by atoms with Crippen LogP contribution in [0.4, 0.5) is 0 Å². The summed E-state index contributed by atoms with van der Waals surface area (Å²) in [7, 11) is 1.64. The fraction of sp³-hybridized carbons (Fsp3) is 0.200. The Labute approximate surface area is 151 Å². The van der Waals surface area contributed by atoms with Gasteiger partial charge in [0.05, 0.1) is 24.6 Å². The van der Waals surface area contributed by atoms with Gasteiger partial charge in [0.1, 0.15) is 5.75 Å². The van der Waals surface area contributed by atoms with Crippen LogP contribution in [0.2, 0.25) is 0 Å². The third-order valence-corrected chi connectivity index (χ3v) is 4.98. The van der Waals surface area contributed by atoms with Gasteiger partial charge < -0.3 is 4.74 Å². The van der Waals surface area contributed by atoms with Crippen LogP contribution in [0.5, 0.6) is 5.75 Å². The Hall–Kier alpha value is -2.53. The van der Waals surface area contributed by atoms with Crippen LogP contribution < -0.4 is 10.3 Å². The highest BCUT2D eigenvalue weighted by atomic mass is 32.2. The Morgan fingerprint density at radius 2 is 1.92 bits per heavy atom. The number of thioether (sulfide) groups is 1. The summed E-state index contributed by atoms with van der Waals surface area (Å²) in [4.78, 5) is 17.7. The number of ether oxygens (including phenoxy) is 1. The maximum absolute atomic E-state index is 13.0. The summed E-state index contributed by atoms with van der Waals surface area (Å²) in [5.74, 6) is 1.53. The molecule has 0 atom stereocenters. The van der Waals surface area contributed by atoms with Crippen LogP contribution in [-0.2, 0) is 6.54 Å². The number of para-hydroxylation sites is 1. The molecular formula is C20H20N2O2S. The molecule has 0 saturated heterocycles. The molecule has 0 aliphatic rings. The van der Waals surface area contributed by atoms with Crippen molar-refractivity contribution in [3.05, 3.63) is 76.6 Å². The molecule has 1 heterocycles. The fourth-order valence-electron chi connectivity index (χ4n) is 2.50. The minimum absolute atomic E-state index is 0.0226. The van der Waals surface area contributed by atoms with Gasteiger partial charge in [-0.3, -0.25) is 9.36 Å². The van der Waals surface area contributed by atoms with Gasteiger partial charge in [-0.25, -0.2) is 4.98 Å². The van der Waals surface area contributed by atoms with Gasteiger partial charge in [0.15, 0.2) is 5.16 Å². The van der Waals surface area contributed by atoms with Gasteiger partial charge in [-0.05, 0) is 36.8 Å². The average Bonchev–Trinajstić information content (AvgIpc) is 2.63. The predicted molar refractivity (Wildman–Crippen MR) is 104 cm³/mol. The molecule has 5 heteroatoms. The predicted octanol–water partition coefficient (Wildman–Crippen LogP) is 4.12. The zero-order chi connectivity index (χ0) is 17.8. The number of rotatable bonds is 6. The standard InChI is InChI=1S/C20H20N2O2S/c1-14(2)13-25-20-21-18-7-5-4-6-17(18)19(23)22(20)12-15-8-10-16(24-3)11-9-15/h4-11H,1,12-13H2,2-3H3. The van der Waals surface area contributed by atoms with Crippen molar-refractivity contribution in [2.75, 3.05) is 12.9 Å². The van der Waals surface area contributed by atoms with Gasteiger partial charge >= 0.3 is 0 Å². The van der Waals surface area contributed by atoms with E-state index in [0.717, 1.165) is 28.2 Å². The van der Waals surface area contributed by atoms with Gasteiger partial charge in [0, 0.05) is 5.75 Å². The maximum atomic E-state index is 13.0. The largest absolute Gasteiger partial charge is 0.497 e. The lowest BCUT2D eigenvalue weighted by molar-refractivity contribution is 0.414. The van der Waals surface area contributed by atoms with Gasteiger partial charge in [0.25, 0.3) is 5.56 Å². The van der Waals surface area contributed by atoms with Crippen molar-refractivity contribution in [2.24, 2.45) is 0 Å². The first-order valence-corrected chi connectivity index (χ1v) is 8.96. The van der Waals surface area contributed by atoms with E-state index in [1.165, 1.54) is 11.8 Å². The van der Waals surface area contributed by atoms with Crippen molar-refractivity contribution in [2.45, 2.75) is 18.6 Å². The Balaban J connectivity index is 2.06. The van der Waals surface area contributed by atoms with Crippen LogP contribution in [-0.4, -0.2) is 22.4 Å². The monoisotopic (exact) mass is 352 g/mol. The third-order valence-electron chi connectivity index (χ3n) is 3.77. The molecule has 0 spiro atoms. The summed E-state index contributed by atoms with van der Waals surface area (Å²) in [6, 6.07) is 15.2. The molecule has 0 bridgehead atoms. The SMILES string of the molecule is C=C(C)CSc1nc2ccccc2c(=O)n1Cc1ccc(OC)cc1. The molecule has 0 fully saturated rings. The minimum atomic E-state index is -0.0226. The van der Waals surface area contributed by atoms with Gasteiger partial charge in [0.2, 0.25) is 0 Å². The normalized spacial score (nSPS) is 10.8. The van der Waals surface area contributed by atoms with Crippen LogP contribution in [0.15, 0.2) is 70.6 Å². The second-order valence-corrected chi connectivity index (χ2v) is 6.84. The van der Waals surface area contributed by atoms with Crippen LogP contribution >= 0.6 is 11.8 Å². The van der Waals surface area contributed by atoms with E-state index < -0.39 is 0 Å². The molecule has 0 aliphatic carbocycles. The first-order valence-electron chi connectivity index (χ1n) is 7.98. The number of benzene rings is 2. The quantitative estimate of drug-likeness (QED) is 0.380. The summed E-state index contributed by atoms with van der Waals surface area (Å²) < 4.78 is 6.93. The maximum Gasteiger partial charge on any atom is 0.262 e. The molecule has 4 nitrogen and oxygen atoms in total. The highest BCUT2D eigenvalue weighted by Gasteiger charge is 2.12. The average molecular weight is 352 g/mol. The number of aromatic nitrogens is 2. The summed E-state index contributed by atoms with van der Waals surface area (Å²) in [5.41, 5.74) is 2.77. The van der Waals surface area contributed by atoms with E-state index in [-0.39, 0.29) is 5.56 Å². The molecule has 0 unspecified atom stereocenters. The lowest BCUT2D eigenvalue weighted by Crippen LogP contribution is -2.24. The van der Waals surface area contributed by atoms with Gasteiger partial charge in [-0.1, -0.05) is 48.2 Å². The molecule has 2 aromatic carbocycles. The fourth-order valence-corrected chi connectivity index (χ4v) is 3.34. The number of nitrogens with zero attached hydrogens (tertiary/aromatic N) is 2. The molecule has 0 saturated carbocycles. The molecule has 25 heavy (non-hydrogen) atoms. The highest BCUT2D eigenvalue weighted by molar-refractivity contribution is 7.99. The molecule has 1 aromatic heterocycles. The molecule has 0 radical (unpaired) electrons. The van der Waals surface area contributed by atoms with E-state index in [9.17, 15) is 4.79 Å². The Bertz CT molecular complexity index is 962. The van der Waals surface area contributed by atoms with E-state index in [2.05, 4.69) is 6.58 Å². The van der Waals surface area contributed by atoms with Crippen molar-refractivity contribution in [1.29, 1.82) is 0 Å². The number of fused-ring (bicyclic) bond motifs is 1. The third kappa shape index (κ3) is 3.94. The van der Waals surface area contributed by atoms with Crippen LogP contribution in [0.3, 0.4) is 0 Å². The van der Waals surface area contributed by atoms with E-state index in [1.807, 2.05) is 55.5 Å². The molecular weight excluding hydrogens is 332 g/mol. The highest BCUT2D eigenvalue weighted by Crippen LogP contribution is 2.21. The molecule has 3 rings (SSSR count). The van der Waals surface area contributed by atoms with E-state index in [4.69, 9.17) is 9.72 Å². The number of hydrogen-bond donors (Lipinski definition) is 0. The van der Waals surface area contributed by atoms with E-state index >= 15 is 0 Å². The van der Waals surface area contributed by atoms with Crippen LogP contribution in [0.1, 0.15) is 12.5 Å². The van der Waals surface area contributed by atoms with Crippen molar-refractivity contribution >= 4 is 22.7 Å². The molecule has 128 valence electrons. The van der Waals surface area contributed by atoms with Gasteiger partial charge in [-0.2, -0.15) is 0 Å². The van der Waals surface area contributed by atoms with E-state index in [0.29, 0.717) is 17.1 Å². The lowest BCUT2D eigenvalue weighted by Gasteiger charge is -2.13. The van der Waals surface area contributed by atoms with Crippen molar-refractivity contribution in [3.63, 3.8) is 0 Å². The van der Waals surface area contributed by atoms with E-state index in [1.54, 1.807) is 11.7 Å². The Morgan fingerprint density at radius 1 is 1.20 bits per heavy atom. The van der Waals surface area contributed by atoms with Crippen LogP contribution in [0.25, 0.3) is 10.9 Å². The molecule has 0 amide bonds. The molecule has 0 N–H and O–H groups in total. The summed E-state index contributed by atoms with van der Waals surface area (Å²) >= 11 is 1.54. The number of methoxy groups -OCH3 is 1. The first-order chi connectivity index (χ1) is 12.1. The van der Waals surface area contributed by atoms with Crippen molar-refractivity contribution in [1.82, 2.24) is 9.55 Å². The molecule has 0 aliphatic heterocycles. The lowest BCUT2D eigenvalue weighted by atomic mass is 10.2. The van der Waals surface area contributed by atoms with Crippen molar-refractivity contribution < 1.29 is 4.74 Å². The summed E-state index contributed by atoms with van der Waals surface area (Å²) in [5, 5.41) is 1.35. The summed E-state index contributed by atoms with van der Waals surface area (Å²) in [6.07, 6.45) is 0. The van der Waals surface area contributed by atoms with Crippen LogP contribution in [0, 0.1) is 0 Å². The Morgan fingerprint density at radius 3 is 2.60 bits per heavy atom. The topological polar surface area (TPSA) is 44.1 Å². The molecule has 3 aromatic rings. The number of hydrogen-bond acceptors (Lipinski definition) is 4. The minimum Gasteiger partial charge on any atom is -0.497 e. The van der Waals surface area contributed by atoms with Gasteiger partial charge in [-0.15, -0.1) is 0 Å². The first kappa shape index (κ1) is 17.3. The second-order valence-electron chi connectivity index (χ2n) is 5.90. The second kappa shape index (κ2) is 7.57. The zero-order valence-corrected chi connectivity index (χ0v) is 15.2. The zero-order valence-electron chi connectivity index (χ0n) is 14.4.